The number of carbonyl (C=O) groups excluding carboxylic acids is 1. The molecule has 156 valence electrons. The van der Waals surface area contributed by atoms with E-state index in [9.17, 15) is 18.0 Å². The maximum atomic E-state index is 13.5. The number of aromatic nitrogens is 4. The van der Waals surface area contributed by atoms with Gasteiger partial charge in [0.2, 0.25) is 11.9 Å². The van der Waals surface area contributed by atoms with Crippen molar-refractivity contribution in [2.45, 2.75) is 44.9 Å². The molecule has 0 unspecified atom stereocenters. The van der Waals surface area contributed by atoms with Crippen LogP contribution in [0.5, 0.6) is 0 Å². The molecule has 4 rings (SSSR count). The van der Waals surface area contributed by atoms with Gasteiger partial charge in [-0.25, -0.2) is 4.98 Å². The molecule has 2 fully saturated rings. The minimum absolute atomic E-state index is 0.00920. The molecule has 2 saturated carbocycles. The number of anilines is 3. The second kappa shape index (κ2) is 7.20. The van der Waals surface area contributed by atoms with E-state index < -0.39 is 29.6 Å². The van der Waals surface area contributed by atoms with Gasteiger partial charge in [-0.3, -0.25) is 9.48 Å². The number of alkyl halides is 3. The van der Waals surface area contributed by atoms with Gasteiger partial charge >= 0.3 is 6.18 Å². The molecular formula is C18H22F3N7O. The molecule has 8 nitrogen and oxygen atoms in total. The van der Waals surface area contributed by atoms with E-state index in [1.165, 1.54) is 6.20 Å². The zero-order valence-electron chi connectivity index (χ0n) is 15.8. The summed E-state index contributed by atoms with van der Waals surface area (Å²) in [7, 11) is 0. The van der Waals surface area contributed by atoms with Crippen molar-refractivity contribution in [2.24, 2.45) is 23.5 Å². The minimum Gasteiger partial charge on any atom is -0.369 e. The monoisotopic (exact) mass is 409 g/mol. The van der Waals surface area contributed by atoms with Crippen LogP contribution in [0.15, 0.2) is 18.6 Å². The first-order valence-corrected chi connectivity index (χ1v) is 9.55. The summed E-state index contributed by atoms with van der Waals surface area (Å²) in [6, 6.07) is -0.460. The summed E-state index contributed by atoms with van der Waals surface area (Å²) < 4.78 is 42.2. The number of primary amides is 1. The number of carbonyl (C=O) groups is 1. The van der Waals surface area contributed by atoms with Crippen LogP contribution in [0.2, 0.25) is 0 Å². The van der Waals surface area contributed by atoms with E-state index in [0.717, 1.165) is 25.5 Å². The van der Waals surface area contributed by atoms with E-state index in [4.69, 9.17) is 5.73 Å². The van der Waals surface area contributed by atoms with Crippen LogP contribution in [0.1, 0.15) is 31.7 Å². The maximum absolute atomic E-state index is 13.5. The van der Waals surface area contributed by atoms with Crippen molar-refractivity contribution >= 4 is 23.4 Å². The van der Waals surface area contributed by atoms with Gasteiger partial charge in [0.05, 0.1) is 17.8 Å². The number of nitrogens with zero attached hydrogens (tertiary/aromatic N) is 4. The molecule has 0 spiro atoms. The molecule has 2 aromatic heterocycles. The fourth-order valence-corrected chi connectivity index (χ4v) is 4.56. The number of hydrogen-bond donors (Lipinski definition) is 3. The summed E-state index contributed by atoms with van der Waals surface area (Å²) in [5, 5.41) is 9.85. The molecular weight excluding hydrogens is 387 g/mol. The molecule has 29 heavy (non-hydrogen) atoms. The Morgan fingerprint density at radius 3 is 2.72 bits per heavy atom. The van der Waals surface area contributed by atoms with Gasteiger partial charge in [0, 0.05) is 25.0 Å². The number of nitrogens with one attached hydrogen (secondary N) is 2. The van der Waals surface area contributed by atoms with Gasteiger partial charge < -0.3 is 16.4 Å². The topological polar surface area (TPSA) is 111 Å². The smallest absolute Gasteiger partial charge is 0.369 e. The third kappa shape index (κ3) is 3.73. The first-order chi connectivity index (χ1) is 13.8. The van der Waals surface area contributed by atoms with Gasteiger partial charge in [0.25, 0.3) is 0 Å². The lowest BCUT2D eigenvalue weighted by Gasteiger charge is -2.30. The predicted molar refractivity (Wildman–Crippen MR) is 99.1 cm³/mol. The zero-order chi connectivity index (χ0) is 20.8. The molecule has 11 heteroatoms. The Morgan fingerprint density at radius 1 is 1.31 bits per heavy atom. The molecule has 2 heterocycles. The highest BCUT2D eigenvalue weighted by molar-refractivity contribution is 5.79. The average Bonchev–Trinajstić information content (AvgIpc) is 3.36. The largest absolute Gasteiger partial charge is 0.421 e. The van der Waals surface area contributed by atoms with Crippen molar-refractivity contribution < 1.29 is 18.0 Å². The molecule has 2 aliphatic carbocycles. The number of nitrogens with two attached hydrogens (primary N) is 1. The van der Waals surface area contributed by atoms with Crippen LogP contribution in [0.25, 0.3) is 0 Å². The summed E-state index contributed by atoms with van der Waals surface area (Å²) in [5.41, 5.74) is 5.13. The highest BCUT2D eigenvalue weighted by atomic mass is 19.4. The number of rotatable bonds is 6. The summed E-state index contributed by atoms with van der Waals surface area (Å²) in [6.45, 7) is 2.57. The van der Waals surface area contributed by atoms with Gasteiger partial charge in [0.15, 0.2) is 0 Å². The quantitative estimate of drug-likeness (QED) is 0.677. The fourth-order valence-electron chi connectivity index (χ4n) is 4.56. The number of halogens is 3. The van der Waals surface area contributed by atoms with Gasteiger partial charge in [-0.1, -0.05) is 0 Å². The molecule has 0 saturated heterocycles. The van der Waals surface area contributed by atoms with Gasteiger partial charge in [-0.05, 0) is 38.0 Å². The Balaban J connectivity index is 1.63. The predicted octanol–water partition coefficient (Wildman–Crippen LogP) is 2.77. The minimum atomic E-state index is -4.63. The number of fused-ring (bicyclic) bond motifs is 2. The van der Waals surface area contributed by atoms with E-state index in [2.05, 4.69) is 25.7 Å². The molecule has 0 aromatic carbocycles. The maximum Gasteiger partial charge on any atom is 0.421 e. The number of hydrogen-bond acceptors (Lipinski definition) is 6. The van der Waals surface area contributed by atoms with Crippen molar-refractivity contribution in [3.63, 3.8) is 0 Å². The van der Waals surface area contributed by atoms with Crippen LogP contribution < -0.4 is 16.4 Å². The Bertz CT molecular complexity index is 913. The number of aryl methyl sites for hydroxylation is 1. The van der Waals surface area contributed by atoms with Crippen molar-refractivity contribution in [1.82, 2.24) is 19.7 Å². The van der Waals surface area contributed by atoms with Gasteiger partial charge in [-0.2, -0.15) is 23.3 Å². The number of amides is 1. The Hall–Kier alpha value is -2.85. The van der Waals surface area contributed by atoms with Crippen LogP contribution in [-0.4, -0.2) is 31.7 Å². The summed E-state index contributed by atoms with van der Waals surface area (Å²) >= 11 is 0. The first-order valence-electron chi connectivity index (χ1n) is 9.55. The molecule has 4 atom stereocenters. The lowest BCUT2D eigenvalue weighted by molar-refractivity contribution is -0.137. The van der Waals surface area contributed by atoms with E-state index >= 15 is 0 Å². The zero-order valence-corrected chi connectivity index (χ0v) is 15.8. The molecule has 1 amide bonds. The summed E-state index contributed by atoms with van der Waals surface area (Å²) in [6.07, 6.45) is 1.88. The van der Waals surface area contributed by atoms with Crippen LogP contribution in [-0.2, 0) is 17.5 Å². The molecule has 2 aliphatic rings. The lowest BCUT2D eigenvalue weighted by atomic mass is 9.84. The summed E-state index contributed by atoms with van der Waals surface area (Å²) in [5.74, 6) is -1.10. The fraction of sp³-hybridized carbons (Fsp3) is 0.556. The van der Waals surface area contributed by atoms with Crippen molar-refractivity contribution in [1.29, 1.82) is 0 Å². The molecule has 4 N–H and O–H groups in total. The van der Waals surface area contributed by atoms with E-state index in [-0.39, 0.29) is 23.6 Å². The third-order valence-corrected chi connectivity index (χ3v) is 5.86. The van der Waals surface area contributed by atoms with E-state index in [0.29, 0.717) is 12.2 Å². The van der Waals surface area contributed by atoms with Crippen LogP contribution in [0.4, 0.5) is 30.6 Å². The Kier molecular flexibility index (Phi) is 4.83. The highest BCUT2D eigenvalue weighted by Crippen LogP contribution is 2.50. The second-order valence-corrected chi connectivity index (χ2v) is 7.59. The van der Waals surface area contributed by atoms with Crippen LogP contribution >= 0.6 is 0 Å². The lowest BCUT2D eigenvalue weighted by Crippen LogP contribution is -2.43. The third-order valence-electron chi connectivity index (χ3n) is 5.86. The van der Waals surface area contributed by atoms with Gasteiger partial charge in [-0.15, -0.1) is 0 Å². The SMILES string of the molecule is CCn1cc(Nc2ncc(C(F)(F)F)c(N[C@@H]3[C@H]4CC[C@@H](C4)[C@@H]3C(N)=O)n2)cn1. The van der Waals surface area contributed by atoms with Crippen molar-refractivity contribution in [2.75, 3.05) is 10.6 Å². The molecule has 2 aromatic rings. The van der Waals surface area contributed by atoms with Crippen LogP contribution in [0, 0.1) is 17.8 Å². The van der Waals surface area contributed by atoms with Crippen LogP contribution in [0.3, 0.4) is 0 Å². The molecule has 0 aliphatic heterocycles. The molecule has 2 bridgehead atoms. The standard InChI is InChI=1S/C18H22F3N7O/c1-2-28-8-11(6-24-28)25-17-23-7-12(18(19,20)21)16(27-17)26-14-10-4-3-9(5-10)13(14)15(22)29/h6-10,13-14H,2-5H2,1H3,(H2,22,29)(H2,23,25,26,27)/t9-,10-,13-,14+/m0/s1. The van der Waals surface area contributed by atoms with Crippen molar-refractivity contribution in [3.8, 4) is 0 Å². The van der Waals surface area contributed by atoms with Crippen molar-refractivity contribution in [3.05, 3.63) is 24.2 Å². The summed E-state index contributed by atoms with van der Waals surface area (Å²) in [4.78, 5) is 19.8. The first kappa shape index (κ1) is 19.5. The Morgan fingerprint density at radius 2 is 2.07 bits per heavy atom. The average molecular weight is 409 g/mol. The second-order valence-electron chi connectivity index (χ2n) is 7.59. The normalized spacial score (nSPS) is 25.9. The molecule has 0 radical (unpaired) electrons. The van der Waals surface area contributed by atoms with E-state index in [1.54, 1.807) is 10.9 Å². The van der Waals surface area contributed by atoms with E-state index in [1.807, 2.05) is 6.92 Å². The van der Waals surface area contributed by atoms with Gasteiger partial charge in [0.1, 0.15) is 11.4 Å². The Labute approximate surface area is 165 Å². The highest BCUT2D eigenvalue weighted by Gasteiger charge is 2.51.